The average Bonchev–Trinajstić information content (AvgIpc) is 2.50. The van der Waals surface area contributed by atoms with Gasteiger partial charge in [0, 0.05) is 38.7 Å². The first kappa shape index (κ1) is 15.5. The van der Waals surface area contributed by atoms with Gasteiger partial charge in [-0.3, -0.25) is 4.79 Å². The fourth-order valence-electron chi connectivity index (χ4n) is 2.59. The quantitative estimate of drug-likeness (QED) is 0.778. The minimum atomic E-state index is 0.0249. The van der Waals surface area contributed by atoms with Gasteiger partial charge in [-0.25, -0.2) is 4.98 Å². The van der Waals surface area contributed by atoms with Crippen molar-refractivity contribution in [3.63, 3.8) is 0 Å². The van der Waals surface area contributed by atoms with Gasteiger partial charge in [0.25, 0.3) is 0 Å². The van der Waals surface area contributed by atoms with E-state index in [1.807, 2.05) is 0 Å². The van der Waals surface area contributed by atoms with E-state index in [0.29, 0.717) is 19.5 Å². The molecule has 0 atom stereocenters. The van der Waals surface area contributed by atoms with Gasteiger partial charge in [-0.2, -0.15) is 0 Å². The number of carbonyl (C=O) groups is 2. The van der Waals surface area contributed by atoms with Gasteiger partial charge in [0.15, 0.2) is 0 Å². The molecule has 2 rings (SSSR count). The van der Waals surface area contributed by atoms with Crippen molar-refractivity contribution in [2.75, 3.05) is 25.0 Å². The van der Waals surface area contributed by atoms with E-state index in [2.05, 4.69) is 22.4 Å². The average molecular weight is 289 g/mol. The third-order valence-electron chi connectivity index (χ3n) is 3.77. The second-order valence-corrected chi connectivity index (χ2v) is 5.41. The van der Waals surface area contributed by atoms with Crippen LogP contribution in [-0.4, -0.2) is 41.7 Å². The first-order valence-corrected chi connectivity index (χ1v) is 7.62. The number of fused-ring (bicyclic) bond motifs is 1. The Hall–Kier alpha value is -1.91. The monoisotopic (exact) mass is 289 g/mol. The molecule has 0 saturated carbocycles. The topological polar surface area (TPSA) is 62.3 Å². The molecule has 0 spiro atoms. The molecule has 0 radical (unpaired) electrons. The van der Waals surface area contributed by atoms with Crippen LogP contribution in [0.5, 0.6) is 0 Å². The third-order valence-corrected chi connectivity index (χ3v) is 3.77. The van der Waals surface area contributed by atoms with E-state index in [1.165, 1.54) is 12.0 Å². The van der Waals surface area contributed by atoms with Crippen LogP contribution in [-0.2, 0) is 22.4 Å². The number of anilines is 1. The predicted molar refractivity (Wildman–Crippen MR) is 82.3 cm³/mol. The lowest BCUT2D eigenvalue weighted by Crippen LogP contribution is -2.31. The number of pyridine rings is 1. The van der Waals surface area contributed by atoms with Crippen molar-refractivity contribution >= 4 is 18.0 Å². The van der Waals surface area contributed by atoms with Crippen molar-refractivity contribution in [3.05, 3.63) is 23.4 Å². The maximum absolute atomic E-state index is 11.5. The number of amides is 1. The van der Waals surface area contributed by atoms with Crippen molar-refractivity contribution < 1.29 is 9.59 Å². The molecule has 0 aromatic carbocycles. The van der Waals surface area contributed by atoms with E-state index < -0.39 is 0 Å². The number of rotatable bonds is 7. The molecule has 21 heavy (non-hydrogen) atoms. The van der Waals surface area contributed by atoms with Crippen molar-refractivity contribution in [2.24, 2.45) is 0 Å². The van der Waals surface area contributed by atoms with E-state index in [-0.39, 0.29) is 5.91 Å². The van der Waals surface area contributed by atoms with Crippen LogP contribution in [0.25, 0.3) is 0 Å². The lowest BCUT2D eigenvalue weighted by molar-refractivity contribution is -0.129. The van der Waals surface area contributed by atoms with Crippen LogP contribution in [0.1, 0.15) is 37.4 Å². The maximum atomic E-state index is 11.5. The van der Waals surface area contributed by atoms with Gasteiger partial charge >= 0.3 is 0 Å². The van der Waals surface area contributed by atoms with Crippen LogP contribution in [0.15, 0.2) is 12.1 Å². The van der Waals surface area contributed by atoms with Crippen molar-refractivity contribution in [1.82, 2.24) is 9.88 Å². The van der Waals surface area contributed by atoms with Gasteiger partial charge in [-0.1, -0.05) is 6.07 Å². The highest BCUT2D eigenvalue weighted by Crippen LogP contribution is 2.20. The highest BCUT2D eigenvalue weighted by Gasteiger charge is 2.11. The number of carbonyl (C=O) groups excluding carboxylic acids is 2. The number of aryl methyl sites for hydroxylation is 2. The SMILES string of the molecule is CC(=O)N(CCC=O)CCCc1ccc2c(n1)NCCC2. The Labute approximate surface area is 125 Å². The Balaban J connectivity index is 1.84. The minimum Gasteiger partial charge on any atom is -0.370 e. The molecule has 1 N–H and O–H groups in total. The zero-order chi connectivity index (χ0) is 15.1. The summed E-state index contributed by atoms with van der Waals surface area (Å²) in [7, 11) is 0. The molecule has 114 valence electrons. The smallest absolute Gasteiger partial charge is 0.219 e. The van der Waals surface area contributed by atoms with Gasteiger partial charge < -0.3 is 15.0 Å². The molecule has 5 nitrogen and oxygen atoms in total. The number of nitrogens with zero attached hydrogens (tertiary/aromatic N) is 2. The lowest BCUT2D eigenvalue weighted by atomic mass is 10.1. The fourth-order valence-corrected chi connectivity index (χ4v) is 2.59. The largest absolute Gasteiger partial charge is 0.370 e. The summed E-state index contributed by atoms with van der Waals surface area (Å²) in [5.74, 6) is 1.04. The standard InChI is InChI=1S/C16H23N3O2/c1-13(21)19(11-4-12-20)10-3-6-15-8-7-14-5-2-9-17-16(14)18-15/h7-8,12H,2-6,9-11H2,1H3,(H,17,18). The van der Waals surface area contributed by atoms with E-state index in [4.69, 9.17) is 0 Å². The first-order valence-electron chi connectivity index (χ1n) is 7.62. The lowest BCUT2D eigenvalue weighted by Gasteiger charge is -2.20. The van der Waals surface area contributed by atoms with Crippen molar-refractivity contribution in [1.29, 1.82) is 0 Å². The number of hydrogen-bond acceptors (Lipinski definition) is 4. The van der Waals surface area contributed by atoms with Gasteiger partial charge in [-0.05, 0) is 37.3 Å². The molecule has 0 aliphatic carbocycles. The van der Waals surface area contributed by atoms with Crippen LogP contribution in [0.3, 0.4) is 0 Å². The summed E-state index contributed by atoms with van der Waals surface area (Å²) in [5.41, 5.74) is 2.35. The molecule has 0 bridgehead atoms. The van der Waals surface area contributed by atoms with Gasteiger partial charge in [0.2, 0.25) is 5.91 Å². The number of nitrogens with one attached hydrogen (secondary N) is 1. The number of hydrogen-bond donors (Lipinski definition) is 1. The van der Waals surface area contributed by atoms with Crippen molar-refractivity contribution in [3.8, 4) is 0 Å². The van der Waals surface area contributed by atoms with Gasteiger partial charge in [-0.15, -0.1) is 0 Å². The molecular formula is C16H23N3O2. The van der Waals surface area contributed by atoms with E-state index >= 15 is 0 Å². The summed E-state index contributed by atoms with van der Waals surface area (Å²) in [6, 6.07) is 4.23. The predicted octanol–water partition coefficient (Wildman–Crippen LogP) is 1.81. The number of aldehydes is 1. The number of aromatic nitrogens is 1. The highest BCUT2D eigenvalue weighted by atomic mass is 16.2. The molecular weight excluding hydrogens is 266 g/mol. The third kappa shape index (κ3) is 4.55. The molecule has 1 aliphatic heterocycles. The Kier molecular flexibility index (Phi) is 5.72. The van der Waals surface area contributed by atoms with Crippen LogP contribution < -0.4 is 5.32 Å². The Morgan fingerprint density at radius 1 is 1.43 bits per heavy atom. The molecule has 5 heteroatoms. The molecule has 0 fully saturated rings. The Bertz CT molecular complexity index is 502. The Morgan fingerprint density at radius 2 is 2.29 bits per heavy atom. The summed E-state index contributed by atoms with van der Waals surface area (Å²) in [6.07, 6.45) is 5.23. The molecule has 1 aliphatic rings. The summed E-state index contributed by atoms with van der Waals surface area (Å²) >= 11 is 0. The summed E-state index contributed by atoms with van der Waals surface area (Å²) in [5, 5.41) is 3.33. The Morgan fingerprint density at radius 3 is 3.05 bits per heavy atom. The van der Waals surface area contributed by atoms with Crippen LogP contribution in [0, 0.1) is 0 Å². The highest BCUT2D eigenvalue weighted by molar-refractivity contribution is 5.73. The molecule has 0 unspecified atom stereocenters. The van der Waals surface area contributed by atoms with Gasteiger partial charge in [0.1, 0.15) is 12.1 Å². The maximum Gasteiger partial charge on any atom is 0.219 e. The minimum absolute atomic E-state index is 0.0249. The summed E-state index contributed by atoms with van der Waals surface area (Å²) < 4.78 is 0. The summed E-state index contributed by atoms with van der Waals surface area (Å²) in [4.78, 5) is 28.3. The molecule has 2 heterocycles. The molecule has 0 saturated heterocycles. The van der Waals surface area contributed by atoms with E-state index in [0.717, 1.165) is 43.6 Å². The van der Waals surface area contributed by atoms with Crippen molar-refractivity contribution in [2.45, 2.75) is 39.0 Å². The molecule has 1 amide bonds. The molecule has 1 aromatic rings. The summed E-state index contributed by atoms with van der Waals surface area (Å²) in [6.45, 7) is 3.73. The van der Waals surface area contributed by atoms with Gasteiger partial charge in [0.05, 0.1) is 0 Å². The molecule has 1 aromatic heterocycles. The van der Waals surface area contributed by atoms with E-state index in [9.17, 15) is 9.59 Å². The van der Waals surface area contributed by atoms with Crippen LogP contribution in [0.4, 0.5) is 5.82 Å². The van der Waals surface area contributed by atoms with Crippen LogP contribution >= 0.6 is 0 Å². The fraction of sp³-hybridized carbons (Fsp3) is 0.562. The van der Waals surface area contributed by atoms with E-state index in [1.54, 1.807) is 11.8 Å². The second-order valence-electron chi connectivity index (χ2n) is 5.41. The zero-order valence-electron chi connectivity index (χ0n) is 12.6. The van der Waals surface area contributed by atoms with Crippen LogP contribution in [0.2, 0.25) is 0 Å². The normalized spacial score (nSPS) is 13.2. The second kappa shape index (κ2) is 7.76. The first-order chi connectivity index (χ1) is 10.2. The zero-order valence-corrected chi connectivity index (χ0v) is 12.6.